The lowest BCUT2D eigenvalue weighted by molar-refractivity contribution is -0.119. The highest BCUT2D eigenvalue weighted by Gasteiger charge is 2.14. The summed E-state index contributed by atoms with van der Waals surface area (Å²) in [7, 11) is 1.54. The zero-order chi connectivity index (χ0) is 15.6. The quantitative estimate of drug-likeness (QED) is 0.910. The summed E-state index contributed by atoms with van der Waals surface area (Å²) >= 11 is 1.33. The zero-order valence-electron chi connectivity index (χ0n) is 12.3. The van der Waals surface area contributed by atoms with Crippen LogP contribution in [0.3, 0.4) is 0 Å². The number of nitrogens with zero attached hydrogens (tertiary/aromatic N) is 1. The Bertz CT molecular complexity index is 694. The number of methoxy groups -OCH3 is 1. The zero-order valence-corrected chi connectivity index (χ0v) is 13.1. The molecule has 0 radical (unpaired) electrons. The number of rotatable bonds is 4. The molecule has 21 heavy (non-hydrogen) atoms. The Hall–Kier alpha value is -2.15. The maximum atomic E-state index is 11.8. The molecule has 0 unspecified atom stereocenters. The number of fused-ring (bicyclic) bond motifs is 1. The molecule has 0 aliphatic heterocycles. The number of hydrogen-bond donors (Lipinski definition) is 2. The van der Waals surface area contributed by atoms with Crippen LogP contribution in [0.1, 0.15) is 20.8 Å². The average molecular weight is 307 g/mol. The predicted molar refractivity (Wildman–Crippen MR) is 83.9 cm³/mol. The Morgan fingerprint density at radius 1 is 1.29 bits per heavy atom. The van der Waals surface area contributed by atoms with E-state index < -0.39 is 0 Å². The third-order valence-electron chi connectivity index (χ3n) is 2.75. The van der Waals surface area contributed by atoms with E-state index in [-0.39, 0.29) is 17.7 Å². The largest absolute Gasteiger partial charge is 0.494 e. The summed E-state index contributed by atoms with van der Waals surface area (Å²) in [6.45, 7) is 5.08. The first-order valence-electron chi connectivity index (χ1n) is 6.47. The number of nitrogens with one attached hydrogen (secondary N) is 2. The topological polar surface area (TPSA) is 80.3 Å². The number of carbonyl (C=O) groups is 2. The molecule has 0 spiro atoms. The average Bonchev–Trinajstić information content (AvgIpc) is 2.78. The SMILES string of the molecule is COc1cc(NC(=O)C(C)C)cc2sc(NC(C)=O)nc12. The minimum atomic E-state index is -0.179. The van der Waals surface area contributed by atoms with E-state index in [0.29, 0.717) is 22.1 Å². The molecule has 1 aromatic carbocycles. The van der Waals surface area contributed by atoms with Gasteiger partial charge in [-0.15, -0.1) is 0 Å². The highest BCUT2D eigenvalue weighted by atomic mass is 32.1. The van der Waals surface area contributed by atoms with Gasteiger partial charge in [0.2, 0.25) is 11.8 Å². The third kappa shape index (κ3) is 3.49. The van der Waals surface area contributed by atoms with Crippen molar-refractivity contribution in [3.63, 3.8) is 0 Å². The normalized spacial score (nSPS) is 10.7. The van der Waals surface area contributed by atoms with Gasteiger partial charge < -0.3 is 15.4 Å². The van der Waals surface area contributed by atoms with Crippen molar-refractivity contribution < 1.29 is 14.3 Å². The van der Waals surface area contributed by atoms with Crippen molar-refractivity contribution in [2.45, 2.75) is 20.8 Å². The Labute approximate surface area is 126 Å². The van der Waals surface area contributed by atoms with Crippen molar-refractivity contribution in [3.05, 3.63) is 12.1 Å². The second-order valence-electron chi connectivity index (χ2n) is 4.87. The molecule has 0 atom stereocenters. The first-order valence-corrected chi connectivity index (χ1v) is 7.29. The van der Waals surface area contributed by atoms with E-state index in [0.717, 1.165) is 4.70 Å². The van der Waals surface area contributed by atoms with Crippen LogP contribution in [0.15, 0.2) is 12.1 Å². The van der Waals surface area contributed by atoms with Crippen molar-refractivity contribution >= 4 is 44.2 Å². The Morgan fingerprint density at radius 3 is 2.57 bits per heavy atom. The molecule has 112 valence electrons. The Morgan fingerprint density at radius 2 is 2.00 bits per heavy atom. The highest BCUT2D eigenvalue weighted by Crippen LogP contribution is 2.35. The van der Waals surface area contributed by atoms with Gasteiger partial charge in [-0.1, -0.05) is 25.2 Å². The van der Waals surface area contributed by atoms with Crippen LogP contribution < -0.4 is 15.4 Å². The third-order valence-corrected chi connectivity index (χ3v) is 3.67. The molecule has 0 aliphatic rings. The van der Waals surface area contributed by atoms with Crippen molar-refractivity contribution in [2.24, 2.45) is 5.92 Å². The number of benzene rings is 1. The van der Waals surface area contributed by atoms with E-state index in [4.69, 9.17) is 4.74 Å². The molecular formula is C14H17N3O3S. The van der Waals surface area contributed by atoms with Crippen LogP contribution in [0, 0.1) is 5.92 Å². The summed E-state index contributed by atoms with van der Waals surface area (Å²) in [5, 5.41) is 5.98. The molecule has 2 amide bonds. The van der Waals surface area contributed by atoms with Crippen LogP contribution in [-0.4, -0.2) is 23.9 Å². The van der Waals surface area contributed by atoms with Gasteiger partial charge in [-0.25, -0.2) is 4.98 Å². The lowest BCUT2D eigenvalue weighted by atomic mass is 10.2. The maximum Gasteiger partial charge on any atom is 0.226 e. The second-order valence-corrected chi connectivity index (χ2v) is 5.90. The van der Waals surface area contributed by atoms with Gasteiger partial charge in [0.25, 0.3) is 0 Å². The van der Waals surface area contributed by atoms with E-state index in [9.17, 15) is 9.59 Å². The van der Waals surface area contributed by atoms with Crippen molar-refractivity contribution in [3.8, 4) is 5.75 Å². The van der Waals surface area contributed by atoms with Crippen LogP contribution in [0.2, 0.25) is 0 Å². The number of hydrogen-bond acceptors (Lipinski definition) is 5. The molecule has 7 heteroatoms. The summed E-state index contributed by atoms with van der Waals surface area (Å²) in [4.78, 5) is 27.2. The molecule has 2 aromatic rings. The highest BCUT2D eigenvalue weighted by molar-refractivity contribution is 7.22. The molecule has 6 nitrogen and oxygen atoms in total. The van der Waals surface area contributed by atoms with Gasteiger partial charge in [0, 0.05) is 24.6 Å². The fourth-order valence-electron chi connectivity index (χ4n) is 1.72. The van der Waals surface area contributed by atoms with Gasteiger partial charge >= 0.3 is 0 Å². The molecule has 2 rings (SSSR count). The molecule has 2 N–H and O–H groups in total. The molecular weight excluding hydrogens is 290 g/mol. The summed E-state index contributed by atoms with van der Waals surface area (Å²) in [6, 6.07) is 3.54. The molecule has 0 saturated carbocycles. The van der Waals surface area contributed by atoms with Gasteiger partial charge in [-0.05, 0) is 6.07 Å². The number of anilines is 2. The molecule has 0 fully saturated rings. The number of thiazole rings is 1. The monoisotopic (exact) mass is 307 g/mol. The van der Waals surface area contributed by atoms with Gasteiger partial charge in [-0.2, -0.15) is 0 Å². The lowest BCUT2D eigenvalue weighted by Gasteiger charge is -2.09. The molecule has 1 aromatic heterocycles. The van der Waals surface area contributed by atoms with Crippen LogP contribution >= 0.6 is 11.3 Å². The predicted octanol–water partition coefficient (Wildman–Crippen LogP) is 2.86. The van der Waals surface area contributed by atoms with Crippen molar-refractivity contribution in [1.82, 2.24) is 4.98 Å². The van der Waals surface area contributed by atoms with Gasteiger partial charge in [0.1, 0.15) is 11.3 Å². The van der Waals surface area contributed by atoms with E-state index in [1.807, 2.05) is 19.9 Å². The molecule has 0 bridgehead atoms. The van der Waals surface area contributed by atoms with Crippen LogP contribution in [-0.2, 0) is 9.59 Å². The number of amides is 2. The molecule has 0 aliphatic carbocycles. The van der Waals surface area contributed by atoms with E-state index >= 15 is 0 Å². The maximum absolute atomic E-state index is 11.8. The summed E-state index contributed by atoms with van der Waals surface area (Å²) in [6.07, 6.45) is 0. The van der Waals surface area contributed by atoms with Gasteiger partial charge in [0.15, 0.2) is 5.13 Å². The standard InChI is InChI=1S/C14H17N3O3S/c1-7(2)13(19)16-9-5-10(20-4)12-11(6-9)21-14(17-12)15-8(3)18/h5-7H,1-4H3,(H,16,19)(H,15,17,18). The molecule has 0 saturated heterocycles. The van der Waals surface area contributed by atoms with Crippen molar-refractivity contribution in [1.29, 1.82) is 0 Å². The summed E-state index contributed by atoms with van der Waals surface area (Å²) in [5.74, 6) is 0.201. The van der Waals surface area contributed by atoms with Gasteiger partial charge in [0.05, 0.1) is 11.8 Å². The number of carbonyl (C=O) groups excluding carboxylic acids is 2. The lowest BCUT2D eigenvalue weighted by Crippen LogP contribution is -2.17. The van der Waals surface area contributed by atoms with Crippen molar-refractivity contribution in [2.75, 3.05) is 17.7 Å². The van der Waals surface area contributed by atoms with E-state index in [1.54, 1.807) is 13.2 Å². The fourth-order valence-corrected chi connectivity index (χ4v) is 2.69. The summed E-state index contributed by atoms with van der Waals surface area (Å²) in [5.41, 5.74) is 1.31. The minimum absolute atomic E-state index is 0.0667. The van der Waals surface area contributed by atoms with E-state index in [2.05, 4.69) is 15.6 Å². The Kier molecular flexibility index (Phi) is 4.42. The summed E-state index contributed by atoms with van der Waals surface area (Å²) < 4.78 is 6.14. The number of ether oxygens (including phenoxy) is 1. The van der Waals surface area contributed by atoms with Crippen LogP contribution in [0.4, 0.5) is 10.8 Å². The first kappa shape index (κ1) is 15.2. The minimum Gasteiger partial charge on any atom is -0.494 e. The van der Waals surface area contributed by atoms with Gasteiger partial charge in [-0.3, -0.25) is 9.59 Å². The fraction of sp³-hybridized carbons (Fsp3) is 0.357. The number of aromatic nitrogens is 1. The first-order chi connectivity index (χ1) is 9.90. The van der Waals surface area contributed by atoms with Crippen LogP contribution in [0.5, 0.6) is 5.75 Å². The van der Waals surface area contributed by atoms with Crippen LogP contribution in [0.25, 0.3) is 10.2 Å². The Balaban J connectivity index is 2.41. The molecule has 1 heterocycles. The smallest absolute Gasteiger partial charge is 0.226 e. The van der Waals surface area contributed by atoms with E-state index in [1.165, 1.54) is 18.3 Å². The second kappa shape index (κ2) is 6.09.